The highest BCUT2D eigenvalue weighted by Gasteiger charge is 2.50. The molecular weight excluding hydrogens is 465 g/mol. The molecule has 2 heterocycles. The fourth-order valence-corrected chi connectivity index (χ4v) is 4.36. The summed E-state index contributed by atoms with van der Waals surface area (Å²) in [5.41, 5.74) is 0.775. The zero-order valence-corrected chi connectivity index (χ0v) is 17.8. The lowest BCUT2D eigenvalue weighted by Crippen LogP contribution is -2.41. The van der Waals surface area contributed by atoms with Crippen LogP contribution in [0.4, 0.5) is 11.6 Å². The number of hydrogen-bond donors (Lipinski definition) is 0. The van der Waals surface area contributed by atoms with Crippen molar-refractivity contribution < 1.29 is 9.59 Å². The molecule has 1 aliphatic heterocycles. The van der Waals surface area contributed by atoms with Crippen molar-refractivity contribution in [2.45, 2.75) is 18.9 Å². The summed E-state index contributed by atoms with van der Waals surface area (Å²) < 4.78 is 2.63. The number of imidazole rings is 1. The van der Waals surface area contributed by atoms with Crippen LogP contribution in [0, 0.1) is 0 Å². The smallest absolute Gasteiger partial charge is 0.260 e. The molecule has 1 aromatic heterocycles. The van der Waals surface area contributed by atoms with Gasteiger partial charge in [0.2, 0.25) is 5.95 Å². The van der Waals surface area contributed by atoms with Crippen molar-refractivity contribution in [1.82, 2.24) is 9.55 Å². The molecule has 5 nitrogen and oxygen atoms in total. The lowest BCUT2D eigenvalue weighted by Gasteiger charge is -2.26. The Morgan fingerprint density at radius 3 is 2.39 bits per heavy atom. The summed E-state index contributed by atoms with van der Waals surface area (Å²) in [5, 5.41) is 0.816. The highest BCUT2D eigenvalue weighted by Crippen LogP contribution is 2.43. The summed E-state index contributed by atoms with van der Waals surface area (Å²) >= 11 is 15.7. The molecule has 0 aliphatic carbocycles. The van der Waals surface area contributed by atoms with Gasteiger partial charge in [0.15, 0.2) is 6.29 Å². The van der Waals surface area contributed by atoms with Crippen LogP contribution in [0.1, 0.15) is 23.0 Å². The van der Waals surface area contributed by atoms with Gasteiger partial charge in [0, 0.05) is 20.9 Å². The predicted molar refractivity (Wildman–Crippen MR) is 113 cm³/mol. The first-order chi connectivity index (χ1) is 13.3. The number of aromatic nitrogens is 2. The summed E-state index contributed by atoms with van der Waals surface area (Å²) in [5.74, 6) is 0.157. The second-order valence-electron chi connectivity index (χ2n) is 6.78. The van der Waals surface area contributed by atoms with Crippen molar-refractivity contribution in [3.63, 3.8) is 0 Å². The number of benzene rings is 2. The lowest BCUT2D eigenvalue weighted by atomic mass is 9.91. The number of aldehydes is 1. The Balaban J connectivity index is 1.86. The van der Waals surface area contributed by atoms with Gasteiger partial charge in [0.05, 0.1) is 11.9 Å². The molecule has 0 saturated heterocycles. The summed E-state index contributed by atoms with van der Waals surface area (Å²) in [7, 11) is 0. The standard InChI is InChI=1S/C20H14BrCl2N3O2/c1-20(9-12-2-4-13(21)5-3-12)18(28)25(16-7-14(22)6-15(23)8-16)19-24-10-17(11-27)26(19)20/h2-8,10-11H,9H2,1H3. The molecule has 2 aromatic carbocycles. The zero-order chi connectivity index (χ0) is 20.1. The third-order valence-corrected chi connectivity index (χ3v) is 5.78. The first-order valence-electron chi connectivity index (χ1n) is 8.42. The van der Waals surface area contributed by atoms with Crippen LogP contribution in [-0.2, 0) is 16.8 Å². The highest BCUT2D eigenvalue weighted by atomic mass is 79.9. The van der Waals surface area contributed by atoms with E-state index in [2.05, 4.69) is 20.9 Å². The number of fused-ring (bicyclic) bond motifs is 1. The van der Waals surface area contributed by atoms with Crippen molar-refractivity contribution in [3.05, 3.63) is 74.4 Å². The third kappa shape index (κ3) is 3.05. The van der Waals surface area contributed by atoms with E-state index in [9.17, 15) is 9.59 Å². The molecule has 1 unspecified atom stereocenters. The van der Waals surface area contributed by atoms with Crippen LogP contribution in [-0.4, -0.2) is 21.7 Å². The molecule has 1 aliphatic rings. The number of rotatable bonds is 4. The fraction of sp³-hybridized carbons (Fsp3) is 0.150. The van der Waals surface area contributed by atoms with E-state index in [4.69, 9.17) is 23.2 Å². The Labute approximate surface area is 180 Å². The largest absolute Gasteiger partial charge is 0.296 e. The van der Waals surface area contributed by atoms with Crippen LogP contribution in [0.3, 0.4) is 0 Å². The molecule has 8 heteroatoms. The van der Waals surface area contributed by atoms with Crippen LogP contribution >= 0.6 is 39.1 Å². The molecule has 0 radical (unpaired) electrons. The Hall–Kier alpha value is -2.15. The van der Waals surface area contributed by atoms with Gasteiger partial charge in [0.25, 0.3) is 5.91 Å². The normalized spacial score (nSPS) is 18.4. The maximum atomic E-state index is 13.6. The second-order valence-corrected chi connectivity index (χ2v) is 8.57. The first-order valence-corrected chi connectivity index (χ1v) is 9.97. The molecule has 0 spiro atoms. The highest BCUT2D eigenvalue weighted by molar-refractivity contribution is 9.10. The first kappa shape index (κ1) is 19.2. The molecule has 28 heavy (non-hydrogen) atoms. The zero-order valence-electron chi connectivity index (χ0n) is 14.7. The van der Waals surface area contributed by atoms with E-state index in [1.165, 1.54) is 11.1 Å². The maximum absolute atomic E-state index is 13.6. The Bertz CT molecular complexity index is 1080. The van der Waals surface area contributed by atoms with Crippen LogP contribution < -0.4 is 4.90 Å². The summed E-state index contributed by atoms with van der Waals surface area (Å²) in [4.78, 5) is 31.0. The summed E-state index contributed by atoms with van der Waals surface area (Å²) in [6.07, 6.45) is 2.57. The van der Waals surface area contributed by atoms with Crippen LogP contribution in [0.5, 0.6) is 0 Å². The quantitative estimate of drug-likeness (QED) is 0.471. The molecule has 3 aromatic rings. The average molecular weight is 479 g/mol. The maximum Gasteiger partial charge on any atom is 0.260 e. The van der Waals surface area contributed by atoms with E-state index < -0.39 is 5.54 Å². The number of carbonyl (C=O) groups is 2. The number of carbonyl (C=O) groups excluding carboxylic acids is 2. The number of halogens is 3. The van der Waals surface area contributed by atoms with Crippen LogP contribution in [0.25, 0.3) is 0 Å². The van der Waals surface area contributed by atoms with Crippen molar-refractivity contribution in [3.8, 4) is 0 Å². The van der Waals surface area contributed by atoms with Crippen molar-refractivity contribution >= 4 is 63.0 Å². The van der Waals surface area contributed by atoms with Gasteiger partial charge >= 0.3 is 0 Å². The SMILES string of the molecule is CC1(Cc2ccc(Br)cc2)C(=O)N(c2cc(Cl)cc(Cl)c2)c2ncc(C=O)n21. The number of anilines is 2. The summed E-state index contributed by atoms with van der Waals surface area (Å²) in [6, 6.07) is 12.6. The molecular formula is C20H14BrCl2N3O2. The Kier molecular flexibility index (Phi) is 4.81. The molecule has 0 saturated carbocycles. The number of nitrogens with zero attached hydrogens (tertiary/aromatic N) is 3. The van der Waals surface area contributed by atoms with Crippen molar-refractivity contribution in [1.29, 1.82) is 0 Å². The van der Waals surface area contributed by atoms with Gasteiger partial charge in [-0.2, -0.15) is 0 Å². The predicted octanol–water partition coefficient (Wildman–Crippen LogP) is 5.40. The van der Waals surface area contributed by atoms with E-state index >= 15 is 0 Å². The second kappa shape index (κ2) is 7.03. The molecule has 1 amide bonds. The number of amides is 1. The van der Waals surface area contributed by atoms with Crippen molar-refractivity contribution in [2.24, 2.45) is 0 Å². The van der Waals surface area contributed by atoms with Gasteiger partial charge < -0.3 is 0 Å². The van der Waals surface area contributed by atoms with Gasteiger partial charge in [-0.1, -0.05) is 51.3 Å². The molecule has 0 fully saturated rings. The Morgan fingerprint density at radius 2 is 1.79 bits per heavy atom. The monoisotopic (exact) mass is 477 g/mol. The van der Waals surface area contributed by atoms with E-state index in [-0.39, 0.29) is 5.91 Å². The van der Waals surface area contributed by atoms with Gasteiger partial charge in [0.1, 0.15) is 11.2 Å². The van der Waals surface area contributed by atoms with Crippen LogP contribution in [0.2, 0.25) is 10.0 Å². The van der Waals surface area contributed by atoms with E-state index in [1.807, 2.05) is 31.2 Å². The topological polar surface area (TPSA) is 55.2 Å². The van der Waals surface area contributed by atoms with Gasteiger partial charge in [-0.3, -0.25) is 14.2 Å². The minimum absolute atomic E-state index is 0.208. The van der Waals surface area contributed by atoms with Gasteiger partial charge in [-0.05, 0) is 42.8 Å². The molecule has 0 bridgehead atoms. The molecule has 0 N–H and O–H groups in total. The van der Waals surface area contributed by atoms with Gasteiger partial charge in [-0.15, -0.1) is 0 Å². The fourth-order valence-electron chi connectivity index (χ4n) is 3.58. The van der Waals surface area contributed by atoms with E-state index in [0.29, 0.717) is 40.1 Å². The number of hydrogen-bond acceptors (Lipinski definition) is 3. The minimum atomic E-state index is -1.02. The molecule has 4 rings (SSSR count). The van der Waals surface area contributed by atoms with Gasteiger partial charge in [-0.25, -0.2) is 9.88 Å². The van der Waals surface area contributed by atoms with E-state index in [1.54, 1.807) is 22.8 Å². The Morgan fingerprint density at radius 1 is 1.14 bits per heavy atom. The molecule has 1 atom stereocenters. The third-order valence-electron chi connectivity index (χ3n) is 4.82. The lowest BCUT2D eigenvalue weighted by molar-refractivity contribution is -0.123. The van der Waals surface area contributed by atoms with Crippen LogP contribution in [0.15, 0.2) is 53.1 Å². The minimum Gasteiger partial charge on any atom is -0.296 e. The summed E-state index contributed by atoms with van der Waals surface area (Å²) in [6.45, 7) is 1.81. The average Bonchev–Trinajstić information content (AvgIpc) is 3.15. The van der Waals surface area contributed by atoms with Crippen molar-refractivity contribution in [2.75, 3.05) is 4.90 Å². The van der Waals surface area contributed by atoms with E-state index in [0.717, 1.165) is 10.0 Å². The molecule has 142 valence electrons.